The SMILES string of the molecule is CCCC1C2(C)OCC(C#N)(C#N)C1(C#N)C(=N)O2. The lowest BCUT2D eigenvalue weighted by molar-refractivity contribution is -0.236. The van der Waals surface area contributed by atoms with Gasteiger partial charge in [0, 0.05) is 6.92 Å². The van der Waals surface area contributed by atoms with E-state index in [1.165, 1.54) is 0 Å². The molecular formula is C13H14N4O2. The molecule has 2 aliphatic heterocycles. The van der Waals surface area contributed by atoms with Crippen molar-refractivity contribution in [3.05, 3.63) is 0 Å². The van der Waals surface area contributed by atoms with Crippen LogP contribution in [-0.2, 0) is 9.47 Å². The van der Waals surface area contributed by atoms with Crippen molar-refractivity contribution in [1.29, 1.82) is 21.2 Å². The van der Waals surface area contributed by atoms with Crippen LogP contribution in [0.25, 0.3) is 0 Å². The first-order valence-electron chi connectivity index (χ1n) is 6.12. The zero-order valence-corrected chi connectivity index (χ0v) is 10.9. The molecule has 3 atom stereocenters. The maximum atomic E-state index is 9.62. The van der Waals surface area contributed by atoms with Crippen LogP contribution in [0.1, 0.15) is 26.7 Å². The standard InChI is InChI=1S/C13H14N4O2/c1-3-4-9-11(2)18-8-12(5-14,6-15)13(9,7-16)10(17)19-11/h9,17H,3-4,8H2,1-2H3. The van der Waals surface area contributed by atoms with Crippen LogP contribution in [0.2, 0.25) is 0 Å². The Balaban J connectivity index is 2.70. The van der Waals surface area contributed by atoms with Gasteiger partial charge in [0.25, 0.3) is 0 Å². The molecule has 0 amide bonds. The normalized spacial score (nSPS) is 38.7. The topological polar surface area (TPSA) is 114 Å². The second kappa shape index (κ2) is 3.95. The predicted octanol–water partition coefficient (Wildman–Crippen LogP) is 1.70. The Morgan fingerprint density at radius 3 is 2.42 bits per heavy atom. The van der Waals surface area contributed by atoms with Crippen LogP contribution >= 0.6 is 0 Å². The fraction of sp³-hybridized carbons (Fsp3) is 0.692. The van der Waals surface area contributed by atoms with Gasteiger partial charge in [-0.2, -0.15) is 15.8 Å². The van der Waals surface area contributed by atoms with E-state index in [9.17, 15) is 15.8 Å². The molecule has 2 rings (SSSR count). The van der Waals surface area contributed by atoms with Crippen molar-refractivity contribution >= 4 is 5.90 Å². The molecule has 19 heavy (non-hydrogen) atoms. The van der Waals surface area contributed by atoms with Crippen LogP contribution < -0.4 is 0 Å². The van der Waals surface area contributed by atoms with Gasteiger partial charge in [-0.05, 0) is 6.42 Å². The molecule has 98 valence electrons. The van der Waals surface area contributed by atoms with E-state index in [2.05, 4.69) is 0 Å². The average Bonchev–Trinajstić information content (AvgIpc) is 2.56. The number of nitriles is 3. The highest BCUT2D eigenvalue weighted by Crippen LogP contribution is 2.61. The van der Waals surface area contributed by atoms with Crippen molar-refractivity contribution in [1.82, 2.24) is 0 Å². The number of nitrogens with zero attached hydrogens (tertiary/aromatic N) is 3. The molecule has 0 radical (unpaired) electrons. The van der Waals surface area contributed by atoms with E-state index < -0.39 is 22.5 Å². The number of fused-ring (bicyclic) bond motifs is 2. The number of nitrogens with one attached hydrogen (secondary N) is 1. The van der Waals surface area contributed by atoms with Gasteiger partial charge in [0.2, 0.25) is 11.7 Å². The van der Waals surface area contributed by atoms with Crippen molar-refractivity contribution in [3.8, 4) is 18.2 Å². The highest BCUT2D eigenvalue weighted by atomic mass is 16.7. The van der Waals surface area contributed by atoms with Gasteiger partial charge in [0.15, 0.2) is 10.8 Å². The summed E-state index contributed by atoms with van der Waals surface area (Å²) in [5, 5.41) is 36.4. The summed E-state index contributed by atoms with van der Waals surface area (Å²) >= 11 is 0. The summed E-state index contributed by atoms with van der Waals surface area (Å²) in [4.78, 5) is 0. The Kier molecular flexibility index (Phi) is 2.77. The van der Waals surface area contributed by atoms with Gasteiger partial charge in [-0.25, -0.2) is 0 Å². The van der Waals surface area contributed by atoms with E-state index in [4.69, 9.17) is 14.9 Å². The lowest BCUT2D eigenvalue weighted by Gasteiger charge is -2.44. The molecule has 2 aliphatic rings. The number of rotatable bonds is 2. The first-order chi connectivity index (χ1) is 8.96. The Morgan fingerprint density at radius 2 is 1.95 bits per heavy atom. The lowest BCUT2D eigenvalue weighted by Crippen LogP contribution is -2.57. The maximum absolute atomic E-state index is 9.62. The largest absolute Gasteiger partial charge is 0.448 e. The average molecular weight is 258 g/mol. The zero-order chi connectivity index (χ0) is 14.3. The molecule has 0 aromatic heterocycles. The van der Waals surface area contributed by atoms with Crippen molar-refractivity contribution in [2.24, 2.45) is 16.7 Å². The summed E-state index contributed by atoms with van der Waals surface area (Å²) in [6.07, 6.45) is 1.30. The minimum absolute atomic E-state index is 0.216. The van der Waals surface area contributed by atoms with Gasteiger partial charge in [-0.15, -0.1) is 0 Å². The summed E-state index contributed by atoms with van der Waals surface area (Å²) < 4.78 is 11.0. The fourth-order valence-electron chi connectivity index (χ4n) is 3.15. The van der Waals surface area contributed by atoms with E-state index in [0.29, 0.717) is 6.42 Å². The third kappa shape index (κ3) is 1.28. The molecular weight excluding hydrogens is 244 g/mol. The second-order valence-corrected chi connectivity index (χ2v) is 5.13. The van der Waals surface area contributed by atoms with E-state index >= 15 is 0 Å². The summed E-state index contributed by atoms with van der Waals surface area (Å²) in [5.41, 5.74) is -3.23. The quantitative estimate of drug-likeness (QED) is 0.809. The third-order valence-corrected chi connectivity index (χ3v) is 4.20. The highest BCUT2D eigenvalue weighted by Gasteiger charge is 2.75. The van der Waals surface area contributed by atoms with Gasteiger partial charge in [0.1, 0.15) is 0 Å². The summed E-state index contributed by atoms with van der Waals surface area (Å²) in [7, 11) is 0. The fourth-order valence-corrected chi connectivity index (χ4v) is 3.15. The third-order valence-electron chi connectivity index (χ3n) is 4.20. The van der Waals surface area contributed by atoms with Crippen molar-refractivity contribution < 1.29 is 9.47 Å². The predicted molar refractivity (Wildman–Crippen MR) is 63.3 cm³/mol. The Morgan fingerprint density at radius 1 is 1.32 bits per heavy atom. The smallest absolute Gasteiger partial charge is 0.214 e. The van der Waals surface area contributed by atoms with Gasteiger partial charge in [-0.1, -0.05) is 13.3 Å². The van der Waals surface area contributed by atoms with Gasteiger partial charge in [0.05, 0.1) is 30.7 Å². The molecule has 0 aliphatic carbocycles. The van der Waals surface area contributed by atoms with Crippen LogP contribution in [0, 0.1) is 56.2 Å². The maximum Gasteiger partial charge on any atom is 0.214 e. The van der Waals surface area contributed by atoms with Crippen LogP contribution in [0.4, 0.5) is 0 Å². The lowest BCUT2D eigenvalue weighted by atomic mass is 9.56. The molecule has 2 saturated heterocycles. The Hall–Kier alpha value is -2.10. The van der Waals surface area contributed by atoms with Gasteiger partial charge < -0.3 is 9.47 Å². The van der Waals surface area contributed by atoms with E-state index in [0.717, 1.165) is 6.42 Å². The minimum Gasteiger partial charge on any atom is -0.448 e. The van der Waals surface area contributed by atoms with Gasteiger partial charge >= 0.3 is 0 Å². The van der Waals surface area contributed by atoms with Crippen LogP contribution in [0.15, 0.2) is 0 Å². The number of ether oxygens (including phenoxy) is 2. The van der Waals surface area contributed by atoms with E-state index in [1.807, 2.05) is 25.1 Å². The molecule has 2 bridgehead atoms. The molecule has 1 N–H and O–H groups in total. The van der Waals surface area contributed by atoms with Crippen molar-refractivity contribution in [2.45, 2.75) is 32.5 Å². The molecule has 0 aromatic carbocycles. The number of hydrogen-bond acceptors (Lipinski definition) is 6. The van der Waals surface area contributed by atoms with Crippen molar-refractivity contribution in [2.75, 3.05) is 6.61 Å². The summed E-state index contributed by atoms with van der Waals surface area (Å²) in [5.74, 6) is -1.91. The van der Waals surface area contributed by atoms with Crippen LogP contribution in [0.3, 0.4) is 0 Å². The first kappa shape index (κ1) is 13.3. The Labute approximate surface area is 111 Å². The molecule has 2 heterocycles. The van der Waals surface area contributed by atoms with Gasteiger partial charge in [-0.3, -0.25) is 5.41 Å². The molecule has 3 unspecified atom stereocenters. The second-order valence-electron chi connectivity index (χ2n) is 5.13. The molecule has 0 spiro atoms. The summed E-state index contributed by atoms with van der Waals surface area (Å²) in [6.45, 7) is 3.39. The monoisotopic (exact) mass is 258 g/mol. The van der Waals surface area contributed by atoms with Crippen LogP contribution in [0.5, 0.6) is 0 Å². The zero-order valence-electron chi connectivity index (χ0n) is 10.9. The van der Waals surface area contributed by atoms with Crippen molar-refractivity contribution in [3.63, 3.8) is 0 Å². The van der Waals surface area contributed by atoms with E-state index in [-0.39, 0.29) is 12.5 Å². The van der Waals surface area contributed by atoms with E-state index in [1.54, 1.807) is 6.92 Å². The molecule has 6 heteroatoms. The molecule has 0 saturated carbocycles. The molecule has 0 aromatic rings. The summed E-state index contributed by atoms with van der Waals surface area (Å²) in [6, 6.07) is 5.82. The first-order valence-corrected chi connectivity index (χ1v) is 6.12. The Bertz CT molecular complexity index is 538. The molecule has 6 nitrogen and oxygen atoms in total. The highest BCUT2D eigenvalue weighted by molar-refractivity contribution is 5.88. The molecule has 2 fully saturated rings. The number of hydrogen-bond donors (Lipinski definition) is 1. The van der Waals surface area contributed by atoms with Crippen LogP contribution in [-0.4, -0.2) is 18.3 Å². The minimum atomic E-state index is -1.69.